The summed E-state index contributed by atoms with van der Waals surface area (Å²) < 4.78 is 2.34. The molecule has 152 valence electrons. The molecular weight excluding hydrogens is 370 g/mol. The molecule has 2 aliphatic heterocycles. The Bertz CT molecular complexity index is 827. The molecule has 4 heterocycles. The molecule has 0 radical (unpaired) electrons. The van der Waals surface area contributed by atoms with Crippen molar-refractivity contribution in [2.24, 2.45) is 0 Å². The Kier molecular flexibility index (Phi) is 6.09. The van der Waals surface area contributed by atoms with E-state index in [9.17, 15) is 4.79 Å². The highest BCUT2D eigenvalue weighted by atomic mass is 32.1. The summed E-state index contributed by atoms with van der Waals surface area (Å²) in [5, 5.41) is 10.1. The molecule has 1 saturated heterocycles. The number of thiazole rings is 1. The van der Waals surface area contributed by atoms with E-state index in [0.717, 1.165) is 85.4 Å². The Morgan fingerprint density at radius 2 is 2.07 bits per heavy atom. The Balaban J connectivity index is 1.49. The maximum atomic E-state index is 13.2. The van der Waals surface area contributed by atoms with Crippen molar-refractivity contribution in [3.8, 4) is 0 Å². The van der Waals surface area contributed by atoms with Crippen molar-refractivity contribution in [2.45, 2.75) is 84.1 Å². The van der Waals surface area contributed by atoms with E-state index in [1.807, 2.05) is 11.8 Å². The van der Waals surface area contributed by atoms with Gasteiger partial charge in [0, 0.05) is 32.0 Å². The number of aryl methyl sites for hydroxylation is 3. The molecule has 2 aromatic rings. The van der Waals surface area contributed by atoms with Crippen LogP contribution in [0.25, 0.3) is 0 Å². The number of fused-ring (bicyclic) bond motifs is 1. The Morgan fingerprint density at radius 3 is 2.93 bits per heavy atom. The minimum Gasteiger partial charge on any atom is -0.337 e. The Labute approximate surface area is 171 Å². The lowest BCUT2D eigenvalue weighted by Gasteiger charge is -2.32. The molecule has 0 aliphatic carbocycles. The lowest BCUT2D eigenvalue weighted by Crippen LogP contribution is -2.39. The fraction of sp³-hybridized carbons (Fsp3) is 0.714. The molecule has 0 aromatic carbocycles. The molecule has 1 amide bonds. The van der Waals surface area contributed by atoms with Gasteiger partial charge in [-0.3, -0.25) is 4.79 Å². The van der Waals surface area contributed by atoms with Gasteiger partial charge in [-0.1, -0.05) is 19.8 Å². The van der Waals surface area contributed by atoms with Gasteiger partial charge in [0.2, 0.25) is 0 Å². The molecule has 7 heteroatoms. The molecule has 0 bridgehead atoms. The molecule has 0 spiro atoms. The van der Waals surface area contributed by atoms with Crippen molar-refractivity contribution < 1.29 is 4.79 Å². The highest BCUT2D eigenvalue weighted by Crippen LogP contribution is 2.30. The van der Waals surface area contributed by atoms with Gasteiger partial charge in [-0.2, -0.15) is 0 Å². The molecule has 2 aliphatic rings. The largest absolute Gasteiger partial charge is 0.337 e. The van der Waals surface area contributed by atoms with Crippen molar-refractivity contribution in [1.29, 1.82) is 0 Å². The van der Waals surface area contributed by atoms with Crippen LogP contribution in [0, 0.1) is 6.92 Å². The predicted molar refractivity (Wildman–Crippen MR) is 111 cm³/mol. The Hall–Kier alpha value is -1.76. The number of nitrogens with zero attached hydrogens (tertiary/aromatic N) is 5. The first-order chi connectivity index (χ1) is 13.7. The van der Waals surface area contributed by atoms with E-state index in [1.54, 1.807) is 11.3 Å². The number of unbranched alkanes of at least 4 members (excludes halogenated alkanes) is 1. The summed E-state index contributed by atoms with van der Waals surface area (Å²) >= 11 is 1.59. The number of rotatable bonds is 5. The summed E-state index contributed by atoms with van der Waals surface area (Å²) in [4.78, 5) is 20.7. The van der Waals surface area contributed by atoms with Crippen LogP contribution in [0.1, 0.15) is 89.8 Å². The quantitative estimate of drug-likeness (QED) is 0.756. The second-order valence-corrected chi connectivity index (χ2v) is 9.24. The zero-order valence-electron chi connectivity index (χ0n) is 17.1. The van der Waals surface area contributed by atoms with Crippen LogP contribution in [-0.4, -0.2) is 43.6 Å². The van der Waals surface area contributed by atoms with Crippen LogP contribution in [0.2, 0.25) is 0 Å². The predicted octanol–water partition coefficient (Wildman–Crippen LogP) is 4.13. The van der Waals surface area contributed by atoms with Crippen molar-refractivity contribution >= 4 is 17.2 Å². The third-order valence-electron chi connectivity index (χ3n) is 5.99. The van der Waals surface area contributed by atoms with Crippen LogP contribution in [0.15, 0.2) is 0 Å². The van der Waals surface area contributed by atoms with Gasteiger partial charge in [-0.15, -0.1) is 21.5 Å². The highest BCUT2D eigenvalue weighted by Gasteiger charge is 2.31. The molecule has 1 atom stereocenters. The molecule has 1 unspecified atom stereocenters. The maximum Gasteiger partial charge on any atom is 0.265 e. The number of likely N-dealkylation sites (tertiary alicyclic amines) is 1. The van der Waals surface area contributed by atoms with Gasteiger partial charge in [0.15, 0.2) is 0 Å². The molecule has 0 N–H and O–H groups in total. The van der Waals surface area contributed by atoms with E-state index in [2.05, 4.69) is 26.7 Å². The summed E-state index contributed by atoms with van der Waals surface area (Å²) in [7, 11) is 0. The van der Waals surface area contributed by atoms with E-state index in [-0.39, 0.29) is 5.91 Å². The normalized spacial score (nSPS) is 20.1. The summed E-state index contributed by atoms with van der Waals surface area (Å²) in [5.41, 5.74) is 0.888. The SMILES string of the molecule is CCCCc1nc(C)c(C(=O)N2CCCC(c3nnc4n3CCCCC4)C2)s1. The van der Waals surface area contributed by atoms with Crippen LogP contribution >= 0.6 is 11.3 Å². The van der Waals surface area contributed by atoms with Gasteiger partial charge >= 0.3 is 0 Å². The smallest absolute Gasteiger partial charge is 0.265 e. The molecule has 6 nitrogen and oxygen atoms in total. The average Bonchev–Trinajstić information content (AvgIpc) is 3.21. The van der Waals surface area contributed by atoms with Gasteiger partial charge in [-0.05, 0) is 45.4 Å². The Morgan fingerprint density at radius 1 is 1.18 bits per heavy atom. The van der Waals surface area contributed by atoms with E-state index in [0.29, 0.717) is 5.92 Å². The van der Waals surface area contributed by atoms with Crippen LogP contribution in [0.5, 0.6) is 0 Å². The zero-order chi connectivity index (χ0) is 19.5. The summed E-state index contributed by atoms with van der Waals surface area (Å²) in [6.45, 7) is 6.76. The molecule has 1 fully saturated rings. The monoisotopic (exact) mass is 401 g/mol. The first kappa shape index (κ1) is 19.6. The van der Waals surface area contributed by atoms with Crippen molar-refractivity contribution in [2.75, 3.05) is 13.1 Å². The topological polar surface area (TPSA) is 63.9 Å². The highest BCUT2D eigenvalue weighted by molar-refractivity contribution is 7.13. The average molecular weight is 402 g/mol. The summed E-state index contributed by atoms with van der Waals surface area (Å²) in [5.74, 6) is 2.68. The van der Waals surface area contributed by atoms with Crippen molar-refractivity contribution in [3.05, 3.63) is 27.2 Å². The number of hydrogen-bond donors (Lipinski definition) is 0. The van der Waals surface area contributed by atoms with E-state index in [1.165, 1.54) is 19.3 Å². The van der Waals surface area contributed by atoms with Gasteiger partial charge in [-0.25, -0.2) is 4.98 Å². The zero-order valence-corrected chi connectivity index (χ0v) is 17.9. The number of carbonyl (C=O) groups is 1. The lowest BCUT2D eigenvalue weighted by molar-refractivity contribution is 0.0707. The third kappa shape index (κ3) is 4.00. The molecule has 28 heavy (non-hydrogen) atoms. The molecule has 2 aromatic heterocycles. The fourth-order valence-corrected chi connectivity index (χ4v) is 5.49. The minimum absolute atomic E-state index is 0.151. The van der Waals surface area contributed by atoms with E-state index in [4.69, 9.17) is 0 Å². The second-order valence-electron chi connectivity index (χ2n) is 8.15. The van der Waals surface area contributed by atoms with Gasteiger partial charge in [0.05, 0.1) is 10.7 Å². The molecule has 0 saturated carbocycles. The molecular formula is C21H31N5OS. The second kappa shape index (κ2) is 8.72. The number of amides is 1. The van der Waals surface area contributed by atoms with Crippen molar-refractivity contribution in [3.63, 3.8) is 0 Å². The maximum absolute atomic E-state index is 13.2. The van der Waals surface area contributed by atoms with Gasteiger partial charge in [0.25, 0.3) is 5.91 Å². The van der Waals surface area contributed by atoms with Crippen molar-refractivity contribution in [1.82, 2.24) is 24.6 Å². The van der Waals surface area contributed by atoms with Crippen LogP contribution < -0.4 is 0 Å². The van der Waals surface area contributed by atoms with Gasteiger partial charge in [0.1, 0.15) is 16.5 Å². The van der Waals surface area contributed by atoms with Crippen LogP contribution in [0.3, 0.4) is 0 Å². The number of piperidine rings is 1. The first-order valence-corrected chi connectivity index (χ1v) is 11.7. The number of carbonyl (C=O) groups excluding carboxylic acids is 1. The fourth-order valence-electron chi connectivity index (χ4n) is 4.41. The molecule has 4 rings (SSSR count). The summed E-state index contributed by atoms with van der Waals surface area (Å²) in [6, 6.07) is 0. The van der Waals surface area contributed by atoms with E-state index >= 15 is 0 Å². The summed E-state index contributed by atoms with van der Waals surface area (Å²) in [6.07, 6.45) is 10.1. The van der Waals surface area contributed by atoms with Crippen LogP contribution in [0.4, 0.5) is 0 Å². The van der Waals surface area contributed by atoms with Gasteiger partial charge < -0.3 is 9.47 Å². The standard InChI is InChI=1S/C21H31N5OS/c1-3-4-11-18-22-15(2)19(28-18)21(27)25-12-8-9-16(14-25)20-24-23-17-10-6-5-7-13-26(17)20/h16H,3-14H2,1-2H3. The minimum atomic E-state index is 0.151. The third-order valence-corrected chi connectivity index (χ3v) is 7.20. The lowest BCUT2D eigenvalue weighted by atomic mass is 9.96. The number of aromatic nitrogens is 4. The van der Waals surface area contributed by atoms with E-state index < -0.39 is 0 Å². The number of hydrogen-bond acceptors (Lipinski definition) is 5. The first-order valence-electron chi connectivity index (χ1n) is 10.8. The van der Waals surface area contributed by atoms with Crippen LogP contribution in [-0.2, 0) is 19.4 Å².